The van der Waals surface area contributed by atoms with E-state index in [1.807, 2.05) is 0 Å². The van der Waals surface area contributed by atoms with Crippen molar-refractivity contribution in [2.45, 2.75) is 76.8 Å². The van der Waals surface area contributed by atoms with Gasteiger partial charge in [-0.2, -0.15) is 5.26 Å². The lowest BCUT2D eigenvalue weighted by molar-refractivity contribution is 0.0844. The van der Waals surface area contributed by atoms with E-state index in [-0.39, 0.29) is 5.54 Å². The van der Waals surface area contributed by atoms with Gasteiger partial charge in [0.15, 0.2) is 0 Å². The molecule has 3 atom stereocenters. The number of ether oxygens (including phenoxy) is 1. The first-order valence-corrected chi connectivity index (χ1v) is 8.47. The maximum atomic E-state index is 9.63. The standard InChI is InChI=1S/C17H30N2O/c1-3-5-14(2)12-20-11-9-15-6-4-10-17(15,13-18)19-16-7-8-16/h14-16,19H,3-12H2,1-2H3. The van der Waals surface area contributed by atoms with Crippen LogP contribution in [0.2, 0.25) is 0 Å². The molecule has 0 aromatic rings. The number of nitrogens with zero attached hydrogens (tertiary/aromatic N) is 1. The van der Waals surface area contributed by atoms with Crippen molar-refractivity contribution in [3.8, 4) is 6.07 Å². The zero-order valence-corrected chi connectivity index (χ0v) is 13.2. The van der Waals surface area contributed by atoms with E-state index in [4.69, 9.17) is 4.74 Å². The molecule has 114 valence electrons. The lowest BCUT2D eigenvalue weighted by atomic mass is 9.86. The van der Waals surface area contributed by atoms with E-state index in [1.165, 1.54) is 38.5 Å². The van der Waals surface area contributed by atoms with E-state index in [0.29, 0.717) is 17.9 Å². The Bertz CT molecular complexity index is 334. The second kappa shape index (κ2) is 7.43. The highest BCUT2D eigenvalue weighted by molar-refractivity contribution is 5.16. The maximum Gasteiger partial charge on any atom is 0.109 e. The molecule has 0 heterocycles. The summed E-state index contributed by atoms with van der Waals surface area (Å²) in [7, 11) is 0. The zero-order valence-electron chi connectivity index (χ0n) is 13.2. The third-order valence-corrected chi connectivity index (χ3v) is 4.85. The fourth-order valence-corrected chi connectivity index (χ4v) is 3.52. The van der Waals surface area contributed by atoms with E-state index < -0.39 is 0 Å². The normalized spacial score (nSPS) is 31.1. The van der Waals surface area contributed by atoms with Crippen LogP contribution in [-0.2, 0) is 4.74 Å². The van der Waals surface area contributed by atoms with Crippen molar-refractivity contribution in [2.24, 2.45) is 11.8 Å². The third kappa shape index (κ3) is 4.20. The number of nitrogens with one attached hydrogen (secondary N) is 1. The predicted octanol–water partition coefficient (Wildman–Crippen LogP) is 3.64. The smallest absolute Gasteiger partial charge is 0.109 e. The van der Waals surface area contributed by atoms with Crippen LogP contribution in [0.1, 0.15) is 65.2 Å². The summed E-state index contributed by atoms with van der Waals surface area (Å²) in [5.41, 5.74) is -0.250. The van der Waals surface area contributed by atoms with Crippen LogP contribution in [0.25, 0.3) is 0 Å². The molecule has 1 N–H and O–H groups in total. The summed E-state index contributed by atoms with van der Waals surface area (Å²) >= 11 is 0. The average Bonchev–Trinajstić information content (AvgIpc) is 3.15. The molecule has 0 bridgehead atoms. The fraction of sp³-hybridized carbons (Fsp3) is 0.941. The topological polar surface area (TPSA) is 45.0 Å². The molecule has 2 rings (SSSR count). The van der Waals surface area contributed by atoms with Gasteiger partial charge in [-0.05, 0) is 50.4 Å². The van der Waals surface area contributed by atoms with Crippen LogP contribution in [-0.4, -0.2) is 24.8 Å². The molecular weight excluding hydrogens is 248 g/mol. The number of nitriles is 1. The first-order valence-electron chi connectivity index (χ1n) is 8.47. The van der Waals surface area contributed by atoms with Crippen molar-refractivity contribution in [3.63, 3.8) is 0 Å². The molecule has 0 aromatic carbocycles. The molecule has 3 heteroatoms. The van der Waals surface area contributed by atoms with Crippen molar-refractivity contribution in [2.75, 3.05) is 13.2 Å². The first-order chi connectivity index (χ1) is 9.70. The van der Waals surface area contributed by atoms with Gasteiger partial charge in [-0.25, -0.2) is 0 Å². The molecule has 20 heavy (non-hydrogen) atoms. The molecule has 3 unspecified atom stereocenters. The van der Waals surface area contributed by atoms with Crippen molar-refractivity contribution >= 4 is 0 Å². The molecule has 2 aliphatic carbocycles. The molecular formula is C17H30N2O. The Balaban J connectivity index is 1.72. The molecule has 0 aliphatic heterocycles. The summed E-state index contributed by atoms with van der Waals surface area (Å²) in [4.78, 5) is 0. The van der Waals surface area contributed by atoms with Crippen LogP contribution in [0, 0.1) is 23.2 Å². The largest absolute Gasteiger partial charge is 0.381 e. The molecule has 2 saturated carbocycles. The van der Waals surface area contributed by atoms with Gasteiger partial charge in [0.2, 0.25) is 0 Å². The minimum absolute atomic E-state index is 0.250. The Kier molecular flexibility index (Phi) is 5.86. The average molecular weight is 278 g/mol. The summed E-state index contributed by atoms with van der Waals surface area (Å²) < 4.78 is 5.83. The van der Waals surface area contributed by atoms with Gasteiger partial charge in [0.1, 0.15) is 5.54 Å². The third-order valence-electron chi connectivity index (χ3n) is 4.85. The highest BCUT2D eigenvalue weighted by Gasteiger charge is 2.45. The Labute approximate surface area is 124 Å². The van der Waals surface area contributed by atoms with Gasteiger partial charge in [-0.3, -0.25) is 5.32 Å². The molecule has 0 spiro atoms. The van der Waals surface area contributed by atoms with Gasteiger partial charge >= 0.3 is 0 Å². The van der Waals surface area contributed by atoms with Crippen molar-refractivity contribution in [3.05, 3.63) is 0 Å². The minimum Gasteiger partial charge on any atom is -0.381 e. The number of hydrogen-bond donors (Lipinski definition) is 1. The quantitative estimate of drug-likeness (QED) is 0.655. The van der Waals surface area contributed by atoms with Crippen LogP contribution in [0.15, 0.2) is 0 Å². The van der Waals surface area contributed by atoms with Crippen LogP contribution in [0.4, 0.5) is 0 Å². The summed E-state index contributed by atoms with van der Waals surface area (Å²) in [6, 6.07) is 3.21. The van der Waals surface area contributed by atoms with E-state index in [9.17, 15) is 5.26 Å². The minimum atomic E-state index is -0.250. The lowest BCUT2D eigenvalue weighted by Gasteiger charge is -2.30. The Morgan fingerprint density at radius 1 is 1.40 bits per heavy atom. The maximum absolute atomic E-state index is 9.63. The summed E-state index contributed by atoms with van der Waals surface area (Å²) in [6.07, 6.45) is 9.40. The van der Waals surface area contributed by atoms with Crippen molar-refractivity contribution in [1.82, 2.24) is 5.32 Å². The molecule has 0 saturated heterocycles. The molecule has 0 aromatic heterocycles. The summed E-state index contributed by atoms with van der Waals surface area (Å²) in [5.74, 6) is 1.14. The van der Waals surface area contributed by atoms with Gasteiger partial charge < -0.3 is 4.74 Å². The summed E-state index contributed by atoms with van der Waals surface area (Å²) in [5, 5.41) is 13.2. The second-order valence-corrected chi connectivity index (χ2v) is 6.85. The lowest BCUT2D eigenvalue weighted by Crippen LogP contribution is -2.48. The monoisotopic (exact) mass is 278 g/mol. The first kappa shape index (κ1) is 15.8. The van der Waals surface area contributed by atoms with Crippen LogP contribution in [0.3, 0.4) is 0 Å². The van der Waals surface area contributed by atoms with Crippen molar-refractivity contribution < 1.29 is 4.74 Å². The molecule has 2 fully saturated rings. The molecule has 3 nitrogen and oxygen atoms in total. The van der Waals surface area contributed by atoms with Crippen molar-refractivity contribution in [1.29, 1.82) is 5.26 Å². The Hall–Kier alpha value is -0.590. The van der Waals surface area contributed by atoms with Crippen LogP contribution >= 0.6 is 0 Å². The fourth-order valence-electron chi connectivity index (χ4n) is 3.52. The molecule has 0 amide bonds. The van der Waals surface area contributed by atoms with Crippen LogP contribution < -0.4 is 5.32 Å². The molecule has 2 aliphatic rings. The molecule has 0 radical (unpaired) electrons. The number of rotatable bonds is 9. The van der Waals surface area contributed by atoms with Gasteiger partial charge in [-0.1, -0.05) is 26.7 Å². The van der Waals surface area contributed by atoms with E-state index in [1.54, 1.807) is 0 Å². The van der Waals surface area contributed by atoms with Gasteiger partial charge in [0, 0.05) is 19.3 Å². The number of hydrogen-bond acceptors (Lipinski definition) is 3. The Morgan fingerprint density at radius 2 is 2.20 bits per heavy atom. The highest BCUT2D eigenvalue weighted by Crippen LogP contribution is 2.40. The second-order valence-electron chi connectivity index (χ2n) is 6.85. The van der Waals surface area contributed by atoms with Crippen LogP contribution in [0.5, 0.6) is 0 Å². The van der Waals surface area contributed by atoms with E-state index >= 15 is 0 Å². The Morgan fingerprint density at radius 3 is 2.85 bits per heavy atom. The van der Waals surface area contributed by atoms with E-state index in [2.05, 4.69) is 25.2 Å². The predicted molar refractivity (Wildman–Crippen MR) is 81.4 cm³/mol. The van der Waals surface area contributed by atoms with Gasteiger partial charge in [0.05, 0.1) is 6.07 Å². The highest BCUT2D eigenvalue weighted by atomic mass is 16.5. The zero-order chi connectivity index (χ0) is 14.4. The van der Waals surface area contributed by atoms with Gasteiger partial charge in [-0.15, -0.1) is 0 Å². The van der Waals surface area contributed by atoms with E-state index in [0.717, 1.165) is 26.1 Å². The van der Waals surface area contributed by atoms with Gasteiger partial charge in [0.25, 0.3) is 0 Å². The SMILES string of the molecule is CCCC(C)COCCC1CCCC1(C#N)NC1CC1. The summed E-state index contributed by atoms with van der Waals surface area (Å²) in [6.45, 7) is 6.16.